The van der Waals surface area contributed by atoms with Crippen molar-refractivity contribution >= 4 is 39.0 Å². The molecule has 9 nitrogen and oxygen atoms in total. The highest BCUT2D eigenvalue weighted by Gasteiger charge is 2.34. The number of pyridine rings is 1. The quantitative estimate of drug-likeness (QED) is 0.454. The molecule has 1 atom stereocenters. The Labute approximate surface area is 190 Å². The number of ketones is 1. The third-order valence-corrected chi connectivity index (χ3v) is 8.12. The third kappa shape index (κ3) is 5.78. The van der Waals surface area contributed by atoms with Crippen LogP contribution in [0.5, 0.6) is 0 Å². The van der Waals surface area contributed by atoms with Crippen molar-refractivity contribution < 1.29 is 27.5 Å². The number of esters is 1. The molecule has 1 fully saturated rings. The van der Waals surface area contributed by atoms with Crippen LogP contribution < -0.4 is 5.32 Å². The summed E-state index contributed by atoms with van der Waals surface area (Å²) in [5.74, 6) is -1.44. The first-order valence-electron chi connectivity index (χ1n) is 10.2. The summed E-state index contributed by atoms with van der Waals surface area (Å²) in [6, 6.07) is 6.45. The maximum absolute atomic E-state index is 12.7. The molecule has 0 spiro atoms. The highest BCUT2D eigenvalue weighted by atomic mass is 32.2. The number of hydrogen-bond donors (Lipinski definition) is 1. The number of thiophene rings is 1. The van der Waals surface area contributed by atoms with Crippen molar-refractivity contribution in [3.63, 3.8) is 0 Å². The van der Waals surface area contributed by atoms with E-state index in [4.69, 9.17) is 4.74 Å². The number of ether oxygens (including phenoxy) is 1. The van der Waals surface area contributed by atoms with E-state index in [1.54, 1.807) is 18.2 Å². The van der Waals surface area contributed by atoms with E-state index < -0.39 is 28.0 Å². The molecule has 3 heterocycles. The van der Waals surface area contributed by atoms with Gasteiger partial charge in [0.25, 0.3) is 0 Å². The zero-order valence-electron chi connectivity index (χ0n) is 17.8. The molecule has 1 aliphatic heterocycles. The summed E-state index contributed by atoms with van der Waals surface area (Å²) < 4.78 is 32.1. The van der Waals surface area contributed by atoms with Crippen molar-refractivity contribution in [3.05, 3.63) is 46.4 Å². The Bertz CT molecular complexity index is 1080. The van der Waals surface area contributed by atoms with E-state index in [0.717, 1.165) is 4.88 Å². The first kappa shape index (κ1) is 24.0. The highest BCUT2D eigenvalue weighted by Crippen LogP contribution is 2.25. The summed E-state index contributed by atoms with van der Waals surface area (Å²) in [6.07, 6.45) is 2.49. The van der Waals surface area contributed by atoms with Crippen LogP contribution in [0.15, 0.2) is 41.6 Å². The molecule has 1 amide bonds. The second kappa shape index (κ2) is 10.3. The predicted octanol–water partition coefficient (Wildman–Crippen LogP) is 1.99. The standard InChI is InChI=1S/C21H25N3O6S2/c1-14(20(26)19-6-5-17(31-19)12-23-15(2)25)30-21(27)16-7-10-24(11-8-16)32(28,29)18-4-3-9-22-13-18/h3-6,9,13-14,16H,7-8,10-12H2,1-2H3,(H,23,25). The Kier molecular flexibility index (Phi) is 7.75. The maximum Gasteiger partial charge on any atom is 0.309 e. The average Bonchev–Trinajstić information content (AvgIpc) is 3.27. The van der Waals surface area contributed by atoms with Gasteiger partial charge in [0.2, 0.25) is 21.7 Å². The van der Waals surface area contributed by atoms with Gasteiger partial charge in [-0.25, -0.2) is 8.42 Å². The van der Waals surface area contributed by atoms with Gasteiger partial charge >= 0.3 is 5.97 Å². The van der Waals surface area contributed by atoms with Gasteiger partial charge < -0.3 is 10.1 Å². The number of hydrogen-bond acceptors (Lipinski definition) is 8. The van der Waals surface area contributed by atoms with E-state index in [9.17, 15) is 22.8 Å². The van der Waals surface area contributed by atoms with Gasteiger partial charge in [-0.3, -0.25) is 19.4 Å². The number of carbonyl (C=O) groups excluding carboxylic acids is 3. The summed E-state index contributed by atoms with van der Waals surface area (Å²) in [5, 5.41) is 2.67. The summed E-state index contributed by atoms with van der Waals surface area (Å²) in [7, 11) is -3.65. The molecule has 1 aliphatic rings. The second-order valence-electron chi connectivity index (χ2n) is 7.49. The fourth-order valence-corrected chi connectivity index (χ4v) is 5.72. The van der Waals surface area contributed by atoms with Crippen LogP contribution in [0.3, 0.4) is 0 Å². The molecule has 2 aromatic heterocycles. The topological polar surface area (TPSA) is 123 Å². The molecule has 2 aromatic rings. The summed E-state index contributed by atoms with van der Waals surface area (Å²) in [6.45, 7) is 3.66. The Balaban J connectivity index is 1.52. The molecule has 0 radical (unpaired) electrons. The Morgan fingerprint density at radius 1 is 1.25 bits per heavy atom. The lowest BCUT2D eigenvalue weighted by Gasteiger charge is -2.30. The third-order valence-electron chi connectivity index (χ3n) is 5.14. The van der Waals surface area contributed by atoms with Gasteiger partial charge in [0.05, 0.1) is 17.3 Å². The second-order valence-corrected chi connectivity index (χ2v) is 10.6. The van der Waals surface area contributed by atoms with Gasteiger partial charge in [-0.05, 0) is 44.0 Å². The van der Waals surface area contributed by atoms with Gasteiger partial charge in [-0.15, -0.1) is 11.3 Å². The SMILES string of the molecule is CC(=O)NCc1ccc(C(=O)C(C)OC(=O)C2CCN(S(=O)(=O)c3cccnc3)CC2)s1. The molecule has 3 rings (SSSR count). The van der Waals surface area contributed by atoms with E-state index in [1.807, 2.05) is 0 Å². The fraction of sp³-hybridized carbons (Fsp3) is 0.429. The first-order valence-corrected chi connectivity index (χ1v) is 12.4. The first-order chi connectivity index (χ1) is 15.2. The van der Waals surface area contributed by atoms with E-state index in [2.05, 4.69) is 10.3 Å². The van der Waals surface area contributed by atoms with Gasteiger partial charge in [-0.1, -0.05) is 0 Å². The molecule has 32 heavy (non-hydrogen) atoms. The fourth-order valence-electron chi connectivity index (χ4n) is 3.32. The zero-order chi connectivity index (χ0) is 23.3. The zero-order valence-corrected chi connectivity index (χ0v) is 19.4. The summed E-state index contributed by atoms with van der Waals surface area (Å²) in [4.78, 5) is 41.4. The van der Waals surface area contributed by atoms with Crippen LogP contribution in [0.25, 0.3) is 0 Å². The summed E-state index contributed by atoms with van der Waals surface area (Å²) >= 11 is 1.24. The van der Waals surface area contributed by atoms with Crippen LogP contribution in [-0.2, 0) is 30.9 Å². The van der Waals surface area contributed by atoms with Crippen LogP contribution in [-0.4, -0.2) is 54.6 Å². The predicted molar refractivity (Wildman–Crippen MR) is 117 cm³/mol. The smallest absolute Gasteiger partial charge is 0.309 e. The van der Waals surface area contributed by atoms with Crippen molar-refractivity contribution in [3.8, 4) is 0 Å². The number of aromatic nitrogens is 1. The largest absolute Gasteiger partial charge is 0.454 e. The van der Waals surface area contributed by atoms with E-state index >= 15 is 0 Å². The van der Waals surface area contributed by atoms with Crippen molar-refractivity contribution in [1.82, 2.24) is 14.6 Å². The van der Waals surface area contributed by atoms with Crippen LogP contribution in [0.1, 0.15) is 41.2 Å². The molecule has 0 bridgehead atoms. The Hall–Kier alpha value is -2.63. The average molecular weight is 480 g/mol. The molecular weight excluding hydrogens is 454 g/mol. The van der Waals surface area contributed by atoms with Crippen molar-refractivity contribution in [2.45, 2.75) is 44.2 Å². The van der Waals surface area contributed by atoms with Crippen LogP contribution in [0, 0.1) is 5.92 Å². The highest BCUT2D eigenvalue weighted by molar-refractivity contribution is 7.89. The molecule has 172 valence electrons. The molecule has 1 unspecified atom stereocenters. The number of nitrogens with zero attached hydrogens (tertiary/aromatic N) is 2. The van der Waals surface area contributed by atoms with Crippen LogP contribution in [0.4, 0.5) is 0 Å². The molecule has 1 saturated heterocycles. The Morgan fingerprint density at radius 2 is 1.97 bits per heavy atom. The minimum atomic E-state index is -3.65. The minimum Gasteiger partial charge on any atom is -0.454 e. The maximum atomic E-state index is 12.7. The number of nitrogens with one attached hydrogen (secondary N) is 1. The van der Waals surface area contributed by atoms with Crippen LogP contribution >= 0.6 is 11.3 Å². The van der Waals surface area contributed by atoms with E-state index in [-0.39, 0.29) is 29.7 Å². The summed E-state index contributed by atoms with van der Waals surface area (Å²) in [5.41, 5.74) is 0. The molecule has 0 aliphatic carbocycles. The molecule has 1 N–H and O–H groups in total. The Morgan fingerprint density at radius 3 is 2.59 bits per heavy atom. The number of sulfonamides is 1. The van der Waals surface area contributed by atoms with Gasteiger partial charge in [0.15, 0.2) is 6.10 Å². The van der Waals surface area contributed by atoms with E-state index in [1.165, 1.54) is 47.9 Å². The lowest BCUT2D eigenvalue weighted by atomic mass is 9.98. The van der Waals surface area contributed by atoms with Crippen molar-refractivity contribution in [2.24, 2.45) is 5.92 Å². The monoisotopic (exact) mass is 479 g/mol. The minimum absolute atomic E-state index is 0.120. The van der Waals surface area contributed by atoms with E-state index in [0.29, 0.717) is 24.3 Å². The van der Waals surface area contributed by atoms with Gasteiger partial charge in [-0.2, -0.15) is 4.31 Å². The molecule has 11 heteroatoms. The van der Waals surface area contributed by atoms with Crippen LogP contribution in [0.2, 0.25) is 0 Å². The molecule has 0 aromatic carbocycles. The molecule has 0 saturated carbocycles. The number of carbonyl (C=O) groups is 3. The normalized spacial score (nSPS) is 16.3. The van der Waals surface area contributed by atoms with Crippen molar-refractivity contribution in [2.75, 3.05) is 13.1 Å². The number of rotatable bonds is 8. The van der Waals surface area contributed by atoms with Crippen molar-refractivity contribution in [1.29, 1.82) is 0 Å². The number of Topliss-reactive ketones (excluding diaryl/α,β-unsaturated/α-hetero) is 1. The lowest BCUT2D eigenvalue weighted by Crippen LogP contribution is -2.41. The number of amides is 1. The lowest BCUT2D eigenvalue weighted by molar-refractivity contribution is -0.152. The van der Waals surface area contributed by atoms with Gasteiger partial charge in [0, 0.05) is 37.3 Å². The van der Waals surface area contributed by atoms with Gasteiger partial charge in [0.1, 0.15) is 4.90 Å². The number of piperidine rings is 1. The molecular formula is C21H25N3O6S2.